The van der Waals surface area contributed by atoms with Crippen LogP contribution in [0.25, 0.3) is 0 Å². The fraction of sp³-hybridized carbons (Fsp3) is 0.909. The number of rotatable bonds is 10. The molecular weight excluding hydrogens is 265 g/mol. The average molecular weight is 286 g/mol. The van der Waals surface area contributed by atoms with Crippen molar-refractivity contribution in [3.8, 4) is 0 Å². The molecule has 1 atom stereocenters. The second kappa shape index (κ2) is 9.99. The summed E-state index contributed by atoms with van der Waals surface area (Å²) in [6.45, 7) is 2.22. The first-order valence-electron chi connectivity index (χ1n) is 6.01. The summed E-state index contributed by atoms with van der Waals surface area (Å²) < 4.78 is 45.6. The van der Waals surface area contributed by atoms with Crippen molar-refractivity contribution in [3.63, 3.8) is 0 Å². The minimum atomic E-state index is -4.38. The summed E-state index contributed by atoms with van der Waals surface area (Å²) in [6, 6.07) is -0.665. The van der Waals surface area contributed by atoms with Crippen molar-refractivity contribution in [1.82, 2.24) is 10.6 Å². The van der Waals surface area contributed by atoms with E-state index in [-0.39, 0.29) is 0 Å². The molecule has 0 aliphatic carbocycles. The molecule has 0 aromatic heterocycles. The van der Waals surface area contributed by atoms with E-state index in [2.05, 4.69) is 5.32 Å². The first kappa shape index (κ1) is 18.1. The van der Waals surface area contributed by atoms with E-state index in [4.69, 9.17) is 9.47 Å². The van der Waals surface area contributed by atoms with Crippen molar-refractivity contribution in [3.05, 3.63) is 0 Å². The van der Waals surface area contributed by atoms with Gasteiger partial charge in [0.15, 0.2) is 0 Å². The van der Waals surface area contributed by atoms with Gasteiger partial charge >= 0.3 is 6.18 Å². The molecule has 0 aliphatic heterocycles. The molecule has 8 heteroatoms. The minimum absolute atomic E-state index is 0.494. The second-order valence-electron chi connectivity index (χ2n) is 3.97. The van der Waals surface area contributed by atoms with Gasteiger partial charge < -0.3 is 20.1 Å². The molecule has 0 spiro atoms. The molecular formula is C11H21F3N2O3. The van der Waals surface area contributed by atoms with Crippen molar-refractivity contribution in [2.24, 2.45) is 0 Å². The van der Waals surface area contributed by atoms with E-state index >= 15 is 0 Å². The average Bonchev–Trinajstić information content (AvgIpc) is 2.33. The van der Waals surface area contributed by atoms with E-state index in [1.807, 2.05) is 5.32 Å². The van der Waals surface area contributed by atoms with Crippen molar-refractivity contribution in [2.75, 3.05) is 40.0 Å². The zero-order valence-corrected chi connectivity index (χ0v) is 11.2. The Bertz CT molecular complexity index is 250. The lowest BCUT2D eigenvalue weighted by Gasteiger charge is -2.15. The molecule has 1 amide bonds. The highest BCUT2D eigenvalue weighted by Crippen LogP contribution is 2.12. The molecule has 0 aromatic carbocycles. The number of nitrogens with one attached hydrogen (secondary N) is 2. The Morgan fingerprint density at radius 2 is 1.95 bits per heavy atom. The van der Waals surface area contributed by atoms with Crippen LogP contribution in [0.2, 0.25) is 0 Å². The topological polar surface area (TPSA) is 59.6 Å². The fourth-order valence-corrected chi connectivity index (χ4v) is 1.17. The predicted octanol–water partition coefficient (Wildman–Crippen LogP) is 0.696. The van der Waals surface area contributed by atoms with Crippen LogP contribution in [0.5, 0.6) is 0 Å². The van der Waals surface area contributed by atoms with Gasteiger partial charge in [-0.2, -0.15) is 13.2 Å². The number of hydrogen-bond acceptors (Lipinski definition) is 4. The third-order valence-electron chi connectivity index (χ3n) is 2.20. The quantitative estimate of drug-likeness (QED) is 0.580. The van der Waals surface area contributed by atoms with E-state index in [0.717, 1.165) is 0 Å². The van der Waals surface area contributed by atoms with Crippen molar-refractivity contribution >= 4 is 5.91 Å². The van der Waals surface area contributed by atoms with Gasteiger partial charge in [-0.15, -0.1) is 0 Å². The SMILES string of the molecule is COCCOCCCNC(C)C(=O)NCC(F)(F)F. The van der Waals surface area contributed by atoms with Gasteiger partial charge in [0.05, 0.1) is 19.3 Å². The van der Waals surface area contributed by atoms with Gasteiger partial charge in [-0.3, -0.25) is 4.79 Å². The van der Waals surface area contributed by atoms with Gasteiger partial charge in [-0.05, 0) is 19.9 Å². The monoisotopic (exact) mass is 286 g/mol. The molecule has 0 aromatic rings. The van der Waals surface area contributed by atoms with E-state index in [1.54, 1.807) is 7.11 Å². The molecule has 0 saturated carbocycles. The number of halogens is 3. The predicted molar refractivity (Wildman–Crippen MR) is 63.8 cm³/mol. The molecule has 0 saturated heterocycles. The Labute approximate surface area is 110 Å². The number of carbonyl (C=O) groups is 1. The highest BCUT2D eigenvalue weighted by Gasteiger charge is 2.28. The van der Waals surface area contributed by atoms with E-state index in [1.165, 1.54) is 6.92 Å². The Morgan fingerprint density at radius 3 is 2.53 bits per heavy atom. The maximum Gasteiger partial charge on any atom is 0.405 e. The van der Waals surface area contributed by atoms with Gasteiger partial charge in [0.2, 0.25) is 5.91 Å². The number of methoxy groups -OCH3 is 1. The van der Waals surface area contributed by atoms with Crippen LogP contribution in [0.1, 0.15) is 13.3 Å². The molecule has 0 rings (SSSR count). The Hall–Kier alpha value is -0.860. The normalized spacial score (nSPS) is 13.3. The standard InChI is InChI=1S/C11H21F3N2O3/c1-9(10(17)16-8-11(12,13)14)15-4-3-5-19-7-6-18-2/h9,15H,3-8H2,1-2H3,(H,16,17). The molecule has 0 fully saturated rings. The molecule has 114 valence electrons. The zero-order valence-electron chi connectivity index (χ0n) is 11.2. The van der Waals surface area contributed by atoms with E-state index < -0.39 is 24.7 Å². The number of ether oxygens (including phenoxy) is 2. The number of hydrogen-bond donors (Lipinski definition) is 2. The lowest BCUT2D eigenvalue weighted by molar-refractivity contribution is -0.139. The van der Waals surface area contributed by atoms with Crippen LogP contribution in [0.3, 0.4) is 0 Å². The van der Waals surface area contributed by atoms with Crippen molar-refractivity contribution in [2.45, 2.75) is 25.6 Å². The zero-order chi connectivity index (χ0) is 14.7. The number of carbonyl (C=O) groups excluding carboxylic acids is 1. The van der Waals surface area contributed by atoms with Gasteiger partial charge in [-0.25, -0.2) is 0 Å². The molecule has 0 heterocycles. The first-order valence-corrected chi connectivity index (χ1v) is 6.01. The summed E-state index contributed by atoms with van der Waals surface area (Å²) in [6.07, 6.45) is -3.72. The summed E-state index contributed by atoms with van der Waals surface area (Å²) in [5.41, 5.74) is 0. The lowest BCUT2D eigenvalue weighted by atomic mass is 10.3. The minimum Gasteiger partial charge on any atom is -0.382 e. The van der Waals surface area contributed by atoms with Gasteiger partial charge in [0, 0.05) is 13.7 Å². The molecule has 5 nitrogen and oxygen atoms in total. The number of amides is 1. The van der Waals surface area contributed by atoms with E-state index in [0.29, 0.717) is 32.8 Å². The first-order chi connectivity index (χ1) is 8.87. The largest absolute Gasteiger partial charge is 0.405 e. The van der Waals surface area contributed by atoms with Crippen LogP contribution in [0.15, 0.2) is 0 Å². The third-order valence-corrected chi connectivity index (χ3v) is 2.20. The summed E-state index contributed by atoms with van der Waals surface area (Å²) in [5.74, 6) is -0.669. The molecule has 19 heavy (non-hydrogen) atoms. The Kier molecular flexibility index (Phi) is 9.54. The van der Waals surface area contributed by atoms with Crippen LogP contribution in [0.4, 0.5) is 13.2 Å². The highest BCUT2D eigenvalue weighted by molar-refractivity contribution is 5.81. The van der Waals surface area contributed by atoms with E-state index in [9.17, 15) is 18.0 Å². The van der Waals surface area contributed by atoms with Crippen molar-refractivity contribution in [1.29, 1.82) is 0 Å². The van der Waals surface area contributed by atoms with Crippen LogP contribution in [-0.2, 0) is 14.3 Å². The van der Waals surface area contributed by atoms with Crippen LogP contribution in [0, 0.1) is 0 Å². The molecule has 2 N–H and O–H groups in total. The Balaban J connectivity index is 3.52. The van der Waals surface area contributed by atoms with Crippen LogP contribution >= 0.6 is 0 Å². The fourth-order valence-electron chi connectivity index (χ4n) is 1.17. The Morgan fingerprint density at radius 1 is 1.26 bits per heavy atom. The summed E-state index contributed by atoms with van der Waals surface area (Å²) in [7, 11) is 1.58. The van der Waals surface area contributed by atoms with Gasteiger partial charge in [0.1, 0.15) is 6.54 Å². The second-order valence-corrected chi connectivity index (χ2v) is 3.97. The van der Waals surface area contributed by atoms with Crippen LogP contribution < -0.4 is 10.6 Å². The summed E-state index contributed by atoms with van der Waals surface area (Å²) in [4.78, 5) is 11.3. The van der Waals surface area contributed by atoms with Gasteiger partial charge in [-0.1, -0.05) is 0 Å². The molecule has 1 unspecified atom stereocenters. The molecule has 0 radical (unpaired) electrons. The lowest BCUT2D eigenvalue weighted by Crippen LogP contribution is -2.45. The summed E-state index contributed by atoms with van der Waals surface area (Å²) >= 11 is 0. The van der Waals surface area contributed by atoms with Crippen LogP contribution in [-0.4, -0.2) is 58.1 Å². The maximum atomic E-state index is 11.9. The highest BCUT2D eigenvalue weighted by atomic mass is 19.4. The third kappa shape index (κ3) is 11.9. The molecule has 0 bridgehead atoms. The number of alkyl halides is 3. The maximum absolute atomic E-state index is 11.9. The smallest absolute Gasteiger partial charge is 0.382 e. The molecule has 0 aliphatic rings. The summed E-state index contributed by atoms with van der Waals surface area (Å²) in [5, 5.41) is 4.64. The van der Waals surface area contributed by atoms with Gasteiger partial charge in [0.25, 0.3) is 0 Å². The van der Waals surface area contributed by atoms with Crippen molar-refractivity contribution < 1.29 is 27.4 Å².